The van der Waals surface area contributed by atoms with E-state index in [0.29, 0.717) is 24.3 Å². The summed E-state index contributed by atoms with van der Waals surface area (Å²) in [5.41, 5.74) is 1.01. The highest BCUT2D eigenvalue weighted by atomic mass is 79.9. The van der Waals surface area contributed by atoms with Crippen LogP contribution in [-0.2, 0) is 4.79 Å². The summed E-state index contributed by atoms with van der Waals surface area (Å²) in [5, 5.41) is 12.7. The molecule has 0 aliphatic carbocycles. The standard InChI is InChI=1S/C19H19BrN2O3/c20-15-8-9-16(17(23)11-15)21-18(24)14-7-4-10-22(12-14)19(25)13-5-2-1-3-6-13/h1-3,5-6,8-9,11,14,23H,4,7,10,12H2,(H,21,24). The molecule has 1 saturated heterocycles. The Morgan fingerprint density at radius 2 is 1.92 bits per heavy atom. The zero-order valence-corrected chi connectivity index (χ0v) is 15.2. The van der Waals surface area contributed by atoms with Crippen molar-refractivity contribution in [2.45, 2.75) is 12.8 Å². The van der Waals surface area contributed by atoms with Crippen LogP contribution in [0.25, 0.3) is 0 Å². The summed E-state index contributed by atoms with van der Waals surface area (Å²) >= 11 is 3.27. The molecular weight excluding hydrogens is 384 g/mol. The van der Waals surface area contributed by atoms with Crippen molar-refractivity contribution in [1.29, 1.82) is 0 Å². The van der Waals surface area contributed by atoms with Gasteiger partial charge in [-0.05, 0) is 43.2 Å². The van der Waals surface area contributed by atoms with E-state index in [1.165, 1.54) is 6.07 Å². The van der Waals surface area contributed by atoms with Gasteiger partial charge in [0.2, 0.25) is 5.91 Å². The number of piperidine rings is 1. The van der Waals surface area contributed by atoms with Crippen LogP contribution >= 0.6 is 15.9 Å². The summed E-state index contributed by atoms with van der Waals surface area (Å²) in [7, 11) is 0. The van der Waals surface area contributed by atoms with Gasteiger partial charge in [0.1, 0.15) is 5.75 Å². The number of hydrogen-bond donors (Lipinski definition) is 2. The SMILES string of the molecule is O=C(Nc1ccc(Br)cc1O)C1CCCN(C(=O)c2ccccc2)C1. The van der Waals surface area contributed by atoms with Gasteiger partial charge in [-0.3, -0.25) is 9.59 Å². The highest BCUT2D eigenvalue weighted by Crippen LogP contribution is 2.28. The Morgan fingerprint density at radius 3 is 2.64 bits per heavy atom. The number of halogens is 1. The molecule has 0 spiro atoms. The Morgan fingerprint density at radius 1 is 1.16 bits per heavy atom. The first-order valence-electron chi connectivity index (χ1n) is 8.18. The lowest BCUT2D eigenvalue weighted by Gasteiger charge is -2.32. The van der Waals surface area contributed by atoms with Crippen LogP contribution in [0.3, 0.4) is 0 Å². The summed E-state index contributed by atoms with van der Waals surface area (Å²) in [6, 6.07) is 14.0. The predicted octanol–water partition coefficient (Wildman–Crippen LogP) is 3.65. The summed E-state index contributed by atoms with van der Waals surface area (Å²) < 4.78 is 0.736. The fraction of sp³-hybridized carbons (Fsp3) is 0.263. The second kappa shape index (κ2) is 7.70. The van der Waals surface area contributed by atoms with E-state index in [9.17, 15) is 14.7 Å². The zero-order valence-electron chi connectivity index (χ0n) is 13.6. The van der Waals surface area contributed by atoms with E-state index in [2.05, 4.69) is 21.2 Å². The molecule has 1 heterocycles. The quantitative estimate of drug-likeness (QED) is 0.769. The molecule has 3 rings (SSSR count). The number of phenols is 1. The number of aromatic hydroxyl groups is 1. The average Bonchev–Trinajstić information content (AvgIpc) is 2.64. The highest BCUT2D eigenvalue weighted by Gasteiger charge is 2.29. The molecule has 0 radical (unpaired) electrons. The average molecular weight is 403 g/mol. The van der Waals surface area contributed by atoms with E-state index in [-0.39, 0.29) is 23.5 Å². The van der Waals surface area contributed by atoms with Gasteiger partial charge in [-0.2, -0.15) is 0 Å². The molecule has 2 amide bonds. The molecule has 1 fully saturated rings. The maximum absolute atomic E-state index is 12.6. The molecular formula is C19H19BrN2O3. The minimum atomic E-state index is -0.288. The van der Waals surface area contributed by atoms with Gasteiger partial charge in [-0.25, -0.2) is 0 Å². The number of benzene rings is 2. The molecule has 25 heavy (non-hydrogen) atoms. The minimum Gasteiger partial charge on any atom is -0.506 e. The molecule has 1 aliphatic rings. The van der Waals surface area contributed by atoms with Crippen LogP contribution in [0.4, 0.5) is 5.69 Å². The number of carbonyl (C=O) groups excluding carboxylic acids is 2. The fourth-order valence-electron chi connectivity index (χ4n) is 2.98. The Hall–Kier alpha value is -2.34. The molecule has 2 aromatic rings. The number of rotatable bonds is 3. The third-order valence-corrected chi connectivity index (χ3v) is 4.81. The van der Waals surface area contributed by atoms with Crippen LogP contribution in [-0.4, -0.2) is 34.9 Å². The molecule has 1 unspecified atom stereocenters. The van der Waals surface area contributed by atoms with Gasteiger partial charge >= 0.3 is 0 Å². The van der Waals surface area contributed by atoms with Crippen LogP contribution in [0.5, 0.6) is 5.75 Å². The second-order valence-corrected chi connectivity index (χ2v) is 7.02. The van der Waals surface area contributed by atoms with Gasteiger partial charge in [0, 0.05) is 23.1 Å². The summed E-state index contributed by atoms with van der Waals surface area (Å²) in [5.74, 6) is -0.506. The molecule has 1 aliphatic heterocycles. The monoisotopic (exact) mass is 402 g/mol. The number of anilines is 1. The van der Waals surface area contributed by atoms with E-state index >= 15 is 0 Å². The van der Waals surface area contributed by atoms with Crippen LogP contribution in [0.2, 0.25) is 0 Å². The third kappa shape index (κ3) is 4.20. The Bertz CT molecular complexity index is 779. The number of nitrogens with one attached hydrogen (secondary N) is 1. The minimum absolute atomic E-state index is 0.00996. The van der Waals surface area contributed by atoms with Crippen molar-refractivity contribution < 1.29 is 14.7 Å². The van der Waals surface area contributed by atoms with Crippen molar-refractivity contribution in [3.05, 3.63) is 58.6 Å². The second-order valence-electron chi connectivity index (χ2n) is 6.11. The van der Waals surface area contributed by atoms with E-state index in [4.69, 9.17) is 0 Å². The number of hydrogen-bond acceptors (Lipinski definition) is 3. The molecule has 0 saturated carbocycles. The summed E-state index contributed by atoms with van der Waals surface area (Å²) in [4.78, 5) is 26.8. The fourth-order valence-corrected chi connectivity index (χ4v) is 3.33. The topological polar surface area (TPSA) is 69.6 Å². The molecule has 0 aromatic heterocycles. The summed E-state index contributed by atoms with van der Waals surface area (Å²) in [6.07, 6.45) is 1.50. The molecule has 1 atom stereocenters. The van der Waals surface area contributed by atoms with Crippen molar-refractivity contribution in [3.63, 3.8) is 0 Å². The van der Waals surface area contributed by atoms with E-state index in [1.54, 1.807) is 29.2 Å². The maximum atomic E-state index is 12.6. The zero-order chi connectivity index (χ0) is 17.8. The maximum Gasteiger partial charge on any atom is 0.253 e. The van der Waals surface area contributed by atoms with Crippen molar-refractivity contribution in [2.24, 2.45) is 5.92 Å². The molecule has 6 heteroatoms. The smallest absolute Gasteiger partial charge is 0.253 e. The molecule has 0 bridgehead atoms. The Labute approximate surface area is 154 Å². The largest absolute Gasteiger partial charge is 0.506 e. The lowest BCUT2D eigenvalue weighted by Crippen LogP contribution is -2.43. The van der Waals surface area contributed by atoms with Crippen LogP contribution in [0.1, 0.15) is 23.2 Å². The molecule has 130 valence electrons. The van der Waals surface area contributed by atoms with E-state index < -0.39 is 0 Å². The van der Waals surface area contributed by atoms with Gasteiger partial charge < -0.3 is 15.3 Å². The number of phenolic OH excluding ortho intramolecular Hbond substituents is 1. The third-order valence-electron chi connectivity index (χ3n) is 4.32. The van der Waals surface area contributed by atoms with Crippen LogP contribution in [0, 0.1) is 5.92 Å². The Balaban J connectivity index is 1.66. The normalized spacial score (nSPS) is 17.2. The van der Waals surface area contributed by atoms with Crippen LogP contribution < -0.4 is 5.32 Å². The van der Waals surface area contributed by atoms with Crippen molar-refractivity contribution in [2.75, 3.05) is 18.4 Å². The first-order chi connectivity index (χ1) is 12.0. The van der Waals surface area contributed by atoms with E-state index in [0.717, 1.165) is 17.3 Å². The van der Waals surface area contributed by atoms with Gasteiger partial charge in [-0.1, -0.05) is 34.1 Å². The van der Waals surface area contributed by atoms with Crippen molar-refractivity contribution >= 4 is 33.4 Å². The van der Waals surface area contributed by atoms with Gasteiger partial charge in [0.15, 0.2) is 0 Å². The van der Waals surface area contributed by atoms with Gasteiger partial charge in [0.25, 0.3) is 5.91 Å². The predicted molar refractivity (Wildman–Crippen MR) is 99.5 cm³/mol. The van der Waals surface area contributed by atoms with Gasteiger partial charge in [-0.15, -0.1) is 0 Å². The number of likely N-dealkylation sites (tertiary alicyclic amines) is 1. The first-order valence-corrected chi connectivity index (χ1v) is 8.97. The van der Waals surface area contributed by atoms with E-state index in [1.807, 2.05) is 18.2 Å². The number of carbonyl (C=O) groups is 2. The van der Waals surface area contributed by atoms with Gasteiger partial charge in [0.05, 0.1) is 11.6 Å². The van der Waals surface area contributed by atoms with Crippen molar-refractivity contribution in [1.82, 2.24) is 4.90 Å². The number of amides is 2. The lowest BCUT2D eigenvalue weighted by molar-refractivity contribution is -0.121. The number of nitrogens with zero attached hydrogens (tertiary/aromatic N) is 1. The first kappa shape index (κ1) is 17.5. The van der Waals surface area contributed by atoms with Crippen LogP contribution in [0.15, 0.2) is 53.0 Å². The Kier molecular flexibility index (Phi) is 5.38. The lowest BCUT2D eigenvalue weighted by atomic mass is 9.96. The van der Waals surface area contributed by atoms with Crippen molar-refractivity contribution in [3.8, 4) is 5.75 Å². The molecule has 2 N–H and O–H groups in total. The molecule has 2 aromatic carbocycles. The summed E-state index contributed by atoms with van der Waals surface area (Å²) in [6.45, 7) is 1.04. The molecule has 5 nitrogen and oxygen atoms in total. The highest BCUT2D eigenvalue weighted by molar-refractivity contribution is 9.10.